The van der Waals surface area contributed by atoms with Crippen LogP contribution in [0, 0.1) is 5.92 Å². The average molecular weight is 228 g/mol. The topological polar surface area (TPSA) is 52.6 Å². The van der Waals surface area contributed by atoms with Crippen LogP contribution in [0.25, 0.3) is 0 Å². The van der Waals surface area contributed by atoms with Gasteiger partial charge in [0.1, 0.15) is 0 Å². The molecule has 0 saturated carbocycles. The van der Waals surface area contributed by atoms with Gasteiger partial charge in [0.15, 0.2) is 0 Å². The van der Waals surface area contributed by atoms with Crippen LogP contribution in [0.15, 0.2) is 0 Å². The van der Waals surface area contributed by atoms with Crippen molar-refractivity contribution in [3.63, 3.8) is 0 Å². The molecule has 1 aliphatic heterocycles. The van der Waals surface area contributed by atoms with E-state index in [1.165, 1.54) is 0 Å². The lowest BCUT2D eigenvalue weighted by Crippen LogP contribution is -2.41. The third-order valence-electron chi connectivity index (χ3n) is 3.65. The molecule has 1 aliphatic rings. The average Bonchev–Trinajstić information content (AvgIpc) is 2.62. The summed E-state index contributed by atoms with van der Waals surface area (Å²) in [6.07, 6.45) is 2.41. The number of aliphatic hydroxyl groups is 1. The van der Waals surface area contributed by atoms with Gasteiger partial charge in [-0.05, 0) is 19.4 Å². The highest BCUT2D eigenvalue weighted by Crippen LogP contribution is 2.17. The standard InChI is InChI=1S/C12H24N2O2/c1-4-9(5-2)11(15)8-14-7-6-10(13-3)12(14)16/h9-11,13,15H,4-8H2,1-3H3. The van der Waals surface area contributed by atoms with E-state index in [0.717, 1.165) is 25.8 Å². The van der Waals surface area contributed by atoms with Crippen LogP contribution in [0.4, 0.5) is 0 Å². The number of carbonyl (C=O) groups excluding carboxylic acids is 1. The van der Waals surface area contributed by atoms with Crippen molar-refractivity contribution < 1.29 is 9.90 Å². The highest BCUT2D eigenvalue weighted by Gasteiger charge is 2.32. The zero-order valence-corrected chi connectivity index (χ0v) is 10.6. The second-order valence-electron chi connectivity index (χ2n) is 4.56. The first-order valence-corrected chi connectivity index (χ1v) is 6.28. The Labute approximate surface area is 98.0 Å². The maximum absolute atomic E-state index is 11.8. The fraction of sp³-hybridized carbons (Fsp3) is 0.917. The number of aliphatic hydroxyl groups excluding tert-OH is 1. The Morgan fingerprint density at radius 1 is 1.50 bits per heavy atom. The van der Waals surface area contributed by atoms with Crippen LogP contribution in [0.5, 0.6) is 0 Å². The van der Waals surface area contributed by atoms with Crippen molar-refractivity contribution in [1.82, 2.24) is 10.2 Å². The molecule has 2 N–H and O–H groups in total. The van der Waals surface area contributed by atoms with E-state index in [0.29, 0.717) is 12.5 Å². The highest BCUT2D eigenvalue weighted by atomic mass is 16.3. The van der Waals surface area contributed by atoms with Gasteiger partial charge in [-0.25, -0.2) is 0 Å². The number of likely N-dealkylation sites (N-methyl/N-ethyl adjacent to an activating group) is 1. The normalized spacial score (nSPS) is 23.2. The van der Waals surface area contributed by atoms with Crippen LogP contribution < -0.4 is 5.32 Å². The molecule has 0 aliphatic carbocycles. The van der Waals surface area contributed by atoms with Gasteiger partial charge in [-0.3, -0.25) is 4.79 Å². The number of hydrogen-bond donors (Lipinski definition) is 2. The van der Waals surface area contributed by atoms with Crippen LogP contribution in [-0.4, -0.2) is 48.2 Å². The van der Waals surface area contributed by atoms with Gasteiger partial charge in [-0.2, -0.15) is 0 Å². The molecule has 0 aromatic carbocycles. The minimum Gasteiger partial charge on any atom is -0.391 e. The Kier molecular flexibility index (Phi) is 5.22. The van der Waals surface area contributed by atoms with Gasteiger partial charge in [0.05, 0.1) is 12.1 Å². The summed E-state index contributed by atoms with van der Waals surface area (Å²) in [5, 5.41) is 13.0. The van der Waals surface area contributed by atoms with Gasteiger partial charge in [0.25, 0.3) is 0 Å². The molecule has 2 atom stereocenters. The maximum Gasteiger partial charge on any atom is 0.239 e. The lowest BCUT2D eigenvalue weighted by Gasteiger charge is -2.25. The first kappa shape index (κ1) is 13.5. The molecule has 1 rings (SSSR count). The van der Waals surface area contributed by atoms with Crippen molar-refractivity contribution in [3.8, 4) is 0 Å². The first-order valence-electron chi connectivity index (χ1n) is 6.28. The van der Waals surface area contributed by atoms with Gasteiger partial charge in [0, 0.05) is 13.1 Å². The van der Waals surface area contributed by atoms with Crippen LogP contribution in [-0.2, 0) is 4.79 Å². The van der Waals surface area contributed by atoms with Gasteiger partial charge >= 0.3 is 0 Å². The third kappa shape index (κ3) is 2.95. The van der Waals surface area contributed by atoms with E-state index >= 15 is 0 Å². The SMILES string of the molecule is CCC(CC)C(O)CN1CCC(NC)C1=O. The number of nitrogens with zero attached hydrogens (tertiary/aromatic N) is 1. The van der Waals surface area contributed by atoms with Crippen LogP contribution in [0.3, 0.4) is 0 Å². The Morgan fingerprint density at radius 3 is 2.56 bits per heavy atom. The fourth-order valence-electron chi connectivity index (χ4n) is 2.40. The number of hydrogen-bond acceptors (Lipinski definition) is 3. The summed E-state index contributed by atoms with van der Waals surface area (Å²) in [4.78, 5) is 13.6. The predicted molar refractivity (Wildman–Crippen MR) is 64.1 cm³/mol. The maximum atomic E-state index is 11.8. The van der Waals surface area contributed by atoms with E-state index in [4.69, 9.17) is 0 Å². The summed E-state index contributed by atoms with van der Waals surface area (Å²) >= 11 is 0. The zero-order chi connectivity index (χ0) is 12.1. The Balaban J connectivity index is 2.46. The Hall–Kier alpha value is -0.610. The zero-order valence-electron chi connectivity index (χ0n) is 10.6. The molecule has 16 heavy (non-hydrogen) atoms. The van der Waals surface area contributed by atoms with Crippen molar-refractivity contribution in [2.45, 2.75) is 45.3 Å². The quantitative estimate of drug-likeness (QED) is 0.700. The van der Waals surface area contributed by atoms with E-state index in [1.54, 1.807) is 4.90 Å². The van der Waals surface area contributed by atoms with Crippen molar-refractivity contribution in [1.29, 1.82) is 0 Å². The number of β-amino-alcohol motifs (C(OH)–C–C–N with tert-alkyl or cyclic N) is 1. The monoisotopic (exact) mass is 228 g/mol. The molecule has 1 fully saturated rings. The van der Waals surface area contributed by atoms with E-state index in [-0.39, 0.29) is 18.1 Å². The molecule has 4 heteroatoms. The molecule has 0 aromatic heterocycles. The van der Waals surface area contributed by atoms with E-state index in [2.05, 4.69) is 19.2 Å². The summed E-state index contributed by atoms with van der Waals surface area (Å²) in [6, 6.07) is -0.0473. The molecular formula is C12H24N2O2. The number of rotatable bonds is 6. The predicted octanol–water partition coefficient (Wildman–Crippen LogP) is 0.604. The molecule has 2 unspecified atom stereocenters. The van der Waals surface area contributed by atoms with Crippen LogP contribution in [0.1, 0.15) is 33.1 Å². The fourth-order valence-corrected chi connectivity index (χ4v) is 2.40. The molecule has 1 saturated heterocycles. The van der Waals surface area contributed by atoms with Gasteiger partial charge in [0.2, 0.25) is 5.91 Å². The van der Waals surface area contributed by atoms with E-state index in [9.17, 15) is 9.90 Å². The summed E-state index contributed by atoms with van der Waals surface area (Å²) in [5.41, 5.74) is 0. The van der Waals surface area contributed by atoms with Crippen molar-refractivity contribution in [3.05, 3.63) is 0 Å². The molecule has 0 bridgehead atoms. The van der Waals surface area contributed by atoms with Crippen molar-refractivity contribution in [2.75, 3.05) is 20.1 Å². The summed E-state index contributed by atoms with van der Waals surface area (Å²) in [6.45, 7) is 5.42. The summed E-state index contributed by atoms with van der Waals surface area (Å²) < 4.78 is 0. The van der Waals surface area contributed by atoms with Gasteiger partial charge < -0.3 is 15.3 Å². The van der Waals surface area contributed by atoms with Gasteiger partial charge in [-0.1, -0.05) is 26.7 Å². The smallest absolute Gasteiger partial charge is 0.239 e. The molecule has 1 heterocycles. The molecule has 0 aromatic rings. The number of likely N-dealkylation sites (tertiary alicyclic amines) is 1. The lowest BCUT2D eigenvalue weighted by atomic mass is 9.96. The van der Waals surface area contributed by atoms with Crippen molar-refractivity contribution >= 4 is 5.91 Å². The molecule has 0 radical (unpaired) electrons. The summed E-state index contributed by atoms with van der Waals surface area (Å²) in [7, 11) is 1.81. The molecular weight excluding hydrogens is 204 g/mol. The number of amides is 1. The number of nitrogens with one attached hydrogen (secondary N) is 1. The second-order valence-corrected chi connectivity index (χ2v) is 4.56. The molecule has 94 valence electrons. The van der Waals surface area contributed by atoms with E-state index < -0.39 is 0 Å². The number of carbonyl (C=O) groups is 1. The third-order valence-corrected chi connectivity index (χ3v) is 3.65. The first-order chi connectivity index (χ1) is 7.63. The summed E-state index contributed by atoms with van der Waals surface area (Å²) in [5.74, 6) is 0.439. The Morgan fingerprint density at radius 2 is 2.12 bits per heavy atom. The molecule has 1 amide bonds. The molecule has 4 nitrogen and oxygen atoms in total. The largest absolute Gasteiger partial charge is 0.391 e. The van der Waals surface area contributed by atoms with E-state index in [1.807, 2.05) is 7.05 Å². The Bertz CT molecular complexity index is 229. The minimum absolute atomic E-state index is 0.0473. The molecule has 0 spiro atoms. The highest BCUT2D eigenvalue weighted by molar-refractivity contribution is 5.83. The van der Waals surface area contributed by atoms with Crippen LogP contribution in [0.2, 0.25) is 0 Å². The minimum atomic E-state index is -0.380. The van der Waals surface area contributed by atoms with Crippen LogP contribution >= 0.6 is 0 Å². The lowest BCUT2D eigenvalue weighted by molar-refractivity contribution is -0.131. The van der Waals surface area contributed by atoms with Gasteiger partial charge in [-0.15, -0.1) is 0 Å². The second kappa shape index (κ2) is 6.21. The van der Waals surface area contributed by atoms with Crippen molar-refractivity contribution in [2.24, 2.45) is 5.92 Å².